The van der Waals surface area contributed by atoms with Crippen LogP contribution in [0.3, 0.4) is 0 Å². The maximum Gasteiger partial charge on any atom is 0.0761 e. The maximum atomic E-state index is 4.11. The van der Waals surface area contributed by atoms with Gasteiger partial charge in [0.2, 0.25) is 0 Å². The monoisotopic (exact) mass is 210 g/mol. The van der Waals surface area contributed by atoms with Crippen LogP contribution in [0.4, 0.5) is 0 Å². The van der Waals surface area contributed by atoms with Crippen LogP contribution in [-0.4, -0.2) is 22.0 Å². The molecule has 4 heteroatoms. The van der Waals surface area contributed by atoms with Crippen LogP contribution in [0.5, 0.6) is 0 Å². The standard InChI is InChI=1S/C11H22N4/c1-6-7-15-9(8-13-14-15)10(12-5)11(2,3)4/h8,10,12H,6-7H2,1-5H3. The van der Waals surface area contributed by atoms with Gasteiger partial charge in [-0.15, -0.1) is 5.10 Å². The van der Waals surface area contributed by atoms with E-state index < -0.39 is 0 Å². The molecular formula is C11H22N4. The summed E-state index contributed by atoms with van der Waals surface area (Å²) in [6.07, 6.45) is 2.94. The molecule has 0 aliphatic heterocycles. The van der Waals surface area contributed by atoms with Gasteiger partial charge in [-0.2, -0.15) is 0 Å². The summed E-state index contributed by atoms with van der Waals surface area (Å²) < 4.78 is 1.99. The molecule has 1 aromatic rings. The van der Waals surface area contributed by atoms with Crippen molar-refractivity contribution in [2.75, 3.05) is 7.05 Å². The molecule has 1 N–H and O–H groups in total. The lowest BCUT2D eigenvalue weighted by Gasteiger charge is -2.30. The van der Waals surface area contributed by atoms with Crippen molar-refractivity contribution in [3.05, 3.63) is 11.9 Å². The molecule has 15 heavy (non-hydrogen) atoms. The summed E-state index contributed by atoms with van der Waals surface area (Å²) in [6, 6.07) is 0.291. The molecule has 0 fully saturated rings. The number of rotatable bonds is 4. The zero-order valence-electron chi connectivity index (χ0n) is 10.4. The predicted octanol–water partition coefficient (Wildman–Crippen LogP) is 1.99. The van der Waals surface area contributed by atoms with Gasteiger partial charge in [0.05, 0.1) is 17.9 Å². The Labute approximate surface area is 92.1 Å². The third-order valence-corrected chi connectivity index (χ3v) is 2.53. The average molecular weight is 210 g/mol. The topological polar surface area (TPSA) is 42.7 Å². The van der Waals surface area contributed by atoms with Crippen LogP contribution in [0.15, 0.2) is 6.20 Å². The van der Waals surface area contributed by atoms with E-state index >= 15 is 0 Å². The summed E-state index contributed by atoms with van der Waals surface area (Å²) in [4.78, 5) is 0. The smallest absolute Gasteiger partial charge is 0.0761 e. The second kappa shape index (κ2) is 4.75. The molecule has 1 atom stereocenters. The van der Waals surface area contributed by atoms with Gasteiger partial charge in [-0.1, -0.05) is 32.9 Å². The van der Waals surface area contributed by atoms with E-state index in [1.165, 1.54) is 5.69 Å². The molecule has 86 valence electrons. The molecule has 1 heterocycles. The van der Waals surface area contributed by atoms with E-state index in [0.29, 0.717) is 6.04 Å². The van der Waals surface area contributed by atoms with Crippen LogP contribution in [0.2, 0.25) is 0 Å². The van der Waals surface area contributed by atoms with Crippen molar-refractivity contribution in [3.63, 3.8) is 0 Å². The van der Waals surface area contributed by atoms with Crippen LogP contribution in [-0.2, 0) is 6.54 Å². The maximum absolute atomic E-state index is 4.11. The highest BCUT2D eigenvalue weighted by molar-refractivity contribution is 5.06. The van der Waals surface area contributed by atoms with E-state index in [4.69, 9.17) is 0 Å². The summed E-state index contributed by atoms with van der Waals surface area (Å²) >= 11 is 0. The van der Waals surface area contributed by atoms with Crippen LogP contribution >= 0.6 is 0 Å². The van der Waals surface area contributed by atoms with Crippen LogP contribution in [0, 0.1) is 5.41 Å². The van der Waals surface area contributed by atoms with Crippen molar-refractivity contribution < 1.29 is 0 Å². The van der Waals surface area contributed by atoms with Crippen molar-refractivity contribution in [1.29, 1.82) is 0 Å². The van der Waals surface area contributed by atoms with Gasteiger partial charge >= 0.3 is 0 Å². The van der Waals surface area contributed by atoms with Crippen molar-refractivity contribution >= 4 is 0 Å². The van der Waals surface area contributed by atoms with Crippen molar-refractivity contribution in [1.82, 2.24) is 20.3 Å². The van der Waals surface area contributed by atoms with Crippen molar-refractivity contribution in [2.24, 2.45) is 5.41 Å². The quantitative estimate of drug-likeness (QED) is 0.826. The first-order chi connectivity index (χ1) is 7.00. The lowest BCUT2D eigenvalue weighted by atomic mass is 9.85. The fourth-order valence-corrected chi connectivity index (χ4v) is 1.90. The van der Waals surface area contributed by atoms with Gasteiger partial charge < -0.3 is 5.32 Å². The normalized spacial score (nSPS) is 14.2. The van der Waals surface area contributed by atoms with Crippen LogP contribution in [0.25, 0.3) is 0 Å². The molecule has 4 nitrogen and oxygen atoms in total. The number of hydrogen-bond donors (Lipinski definition) is 1. The Morgan fingerprint density at radius 3 is 2.60 bits per heavy atom. The fraction of sp³-hybridized carbons (Fsp3) is 0.818. The number of nitrogens with one attached hydrogen (secondary N) is 1. The molecule has 0 saturated heterocycles. The summed E-state index contributed by atoms with van der Waals surface area (Å²) in [7, 11) is 1.99. The number of aromatic nitrogens is 3. The Morgan fingerprint density at radius 2 is 2.13 bits per heavy atom. The van der Waals surface area contributed by atoms with E-state index in [-0.39, 0.29) is 5.41 Å². The molecule has 1 unspecified atom stereocenters. The molecule has 0 aromatic carbocycles. The van der Waals surface area contributed by atoms with Gasteiger partial charge in [0.15, 0.2) is 0 Å². The first-order valence-electron chi connectivity index (χ1n) is 5.56. The van der Waals surface area contributed by atoms with Gasteiger partial charge in [-0.25, -0.2) is 4.68 Å². The number of hydrogen-bond acceptors (Lipinski definition) is 3. The highest BCUT2D eigenvalue weighted by Crippen LogP contribution is 2.31. The molecule has 0 radical (unpaired) electrons. The van der Waals surface area contributed by atoms with Crippen molar-refractivity contribution in [2.45, 2.75) is 46.7 Å². The molecule has 0 aliphatic carbocycles. The number of aryl methyl sites for hydroxylation is 1. The molecule has 0 saturated carbocycles. The zero-order valence-corrected chi connectivity index (χ0v) is 10.4. The van der Waals surface area contributed by atoms with Crippen LogP contribution < -0.4 is 5.32 Å². The highest BCUT2D eigenvalue weighted by Gasteiger charge is 2.27. The molecule has 0 bridgehead atoms. The van der Waals surface area contributed by atoms with E-state index in [1.807, 2.05) is 17.9 Å². The zero-order chi connectivity index (χ0) is 11.5. The van der Waals surface area contributed by atoms with Gasteiger partial charge in [0.1, 0.15) is 0 Å². The Morgan fingerprint density at radius 1 is 1.47 bits per heavy atom. The van der Waals surface area contributed by atoms with Gasteiger partial charge in [-0.3, -0.25) is 0 Å². The minimum absolute atomic E-state index is 0.169. The average Bonchev–Trinajstić information content (AvgIpc) is 2.53. The Bertz CT molecular complexity index is 298. The highest BCUT2D eigenvalue weighted by atomic mass is 15.4. The number of nitrogens with zero attached hydrogens (tertiary/aromatic N) is 3. The van der Waals surface area contributed by atoms with E-state index in [0.717, 1.165) is 13.0 Å². The largest absolute Gasteiger partial charge is 0.311 e. The predicted molar refractivity (Wildman–Crippen MR) is 61.6 cm³/mol. The Kier molecular flexibility index (Phi) is 3.85. The molecule has 1 rings (SSSR count). The Balaban J connectivity index is 2.96. The second-order valence-corrected chi connectivity index (χ2v) is 4.97. The third-order valence-electron chi connectivity index (χ3n) is 2.53. The molecule has 0 amide bonds. The Hall–Kier alpha value is -0.900. The summed E-state index contributed by atoms with van der Waals surface area (Å²) in [5, 5.41) is 11.5. The summed E-state index contributed by atoms with van der Waals surface area (Å²) in [5.41, 5.74) is 1.34. The van der Waals surface area contributed by atoms with E-state index in [1.54, 1.807) is 0 Å². The van der Waals surface area contributed by atoms with Gasteiger partial charge in [0, 0.05) is 6.54 Å². The van der Waals surface area contributed by atoms with Gasteiger partial charge in [0.25, 0.3) is 0 Å². The summed E-state index contributed by atoms with van der Waals surface area (Å²) in [5.74, 6) is 0. The second-order valence-electron chi connectivity index (χ2n) is 4.97. The molecule has 0 aliphatic rings. The molecule has 0 spiro atoms. The van der Waals surface area contributed by atoms with Gasteiger partial charge in [-0.05, 0) is 18.9 Å². The lowest BCUT2D eigenvalue weighted by Crippen LogP contribution is -2.31. The van der Waals surface area contributed by atoms with E-state index in [2.05, 4.69) is 43.3 Å². The first-order valence-corrected chi connectivity index (χ1v) is 5.56. The van der Waals surface area contributed by atoms with E-state index in [9.17, 15) is 0 Å². The minimum Gasteiger partial charge on any atom is -0.311 e. The third kappa shape index (κ3) is 2.78. The van der Waals surface area contributed by atoms with Crippen LogP contribution in [0.1, 0.15) is 45.9 Å². The molecule has 1 aromatic heterocycles. The SMILES string of the molecule is CCCn1nncc1C(NC)C(C)(C)C. The fourth-order valence-electron chi connectivity index (χ4n) is 1.90. The minimum atomic E-state index is 0.169. The summed E-state index contributed by atoms with van der Waals surface area (Å²) in [6.45, 7) is 9.74. The van der Waals surface area contributed by atoms with Crippen molar-refractivity contribution in [3.8, 4) is 0 Å². The lowest BCUT2D eigenvalue weighted by molar-refractivity contribution is 0.271. The first kappa shape index (κ1) is 12.2. The molecular weight excluding hydrogens is 188 g/mol.